The Morgan fingerprint density at radius 1 is 0.843 bits per heavy atom. The van der Waals surface area contributed by atoms with Gasteiger partial charge in [-0.2, -0.15) is 0 Å². The third kappa shape index (κ3) is 4.61. The van der Waals surface area contributed by atoms with Gasteiger partial charge >= 0.3 is 0 Å². The second-order valence-electron chi connectivity index (χ2n) is 16.4. The van der Waals surface area contributed by atoms with Crippen molar-refractivity contribution in [3.8, 4) is 11.6 Å². The summed E-state index contributed by atoms with van der Waals surface area (Å²) >= 11 is 0. The molecule has 0 saturated heterocycles. The van der Waals surface area contributed by atoms with E-state index in [2.05, 4.69) is 45.8 Å². The molecule has 4 aliphatic carbocycles. The van der Waals surface area contributed by atoms with Crippen LogP contribution in [0.15, 0.2) is 77.3 Å². The van der Waals surface area contributed by atoms with Crippen molar-refractivity contribution in [2.45, 2.75) is 91.0 Å². The van der Waals surface area contributed by atoms with Crippen LogP contribution < -0.4 is 9.47 Å². The van der Waals surface area contributed by atoms with Gasteiger partial charge in [0.05, 0.1) is 5.56 Å². The standard InChI is InChI=1S/C43H45NO7/c1-25(2)28-17-18-31(49-23-26-13-9-7-10-14-26)32-29(28)21-41-19-20-42(41,36(32)45)39(47)43(48-6)30(22-41)34(40(3,4)5)35-33(37(43)46)38(44-51-35)50-24-27-15-11-8-12-16-27/h7-18,25,30,34H,19-24H2,1-6H3. The maximum Gasteiger partial charge on any atom is 0.265 e. The third-order valence-corrected chi connectivity index (χ3v) is 12.5. The quantitative estimate of drug-likeness (QED) is 0.170. The number of fused-ring (bicyclic) bond motifs is 3. The average molecular weight is 688 g/mol. The highest BCUT2D eigenvalue weighted by molar-refractivity contribution is 6.30. The minimum absolute atomic E-state index is 0.0391. The number of hydrogen-bond acceptors (Lipinski definition) is 8. The van der Waals surface area contributed by atoms with Crippen molar-refractivity contribution in [2.75, 3.05) is 7.11 Å². The van der Waals surface area contributed by atoms with Crippen LogP contribution in [0, 0.1) is 22.2 Å². The minimum atomic E-state index is -1.92. The van der Waals surface area contributed by atoms with Gasteiger partial charge in [0, 0.05) is 18.9 Å². The van der Waals surface area contributed by atoms with Gasteiger partial charge in [0.25, 0.3) is 5.88 Å². The maximum atomic E-state index is 15.7. The van der Waals surface area contributed by atoms with E-state index in [0.717, 1.165) is 22.3 Å². The lowest BCUT2D eigenvalue weighted by atomic mass is 9.32. The van der Waals surface area contributed by atoms with Crippen LogP contribution in [-0.4, -0.2) is 35.2 Å². The molecule has 264 valence electrons. The summed E-state index contributed by atoms with van der Waals surface area (Å²) in [5, 5.41) is 4.28. The van der Waals surface area contributed by atoms with Crippen LogP contribution in [0.5, 0.6) is 11.6 Å². The van der Waals surface area contributed by atoms with Crippen LogP contribution in [0.2, 0.25) is 0 Å². The summed E-state index contributed by atoms with van der Waals surface area (Å²) in [6, 6.07) is 23.4. The predicted octanol–water partition coefficient (Wildman–Crippen LogP) is 8.46. The molecule has 51 heavy (non-hydrogen) atoms. The predicted molar refractivity (Wildman–Crippen MR) is 190 cm³/mol. The van der Waals surface area contributed by atoms with Gasteiger partial charge in [-0.1, -0.05) is 101 Å². The summed E-state index contributed by atoms with van der Waals surface area (Å²) in [4.78, 5) is 46.1. The number of hydrogen-bond donors (Lipinski definition) is 0. The first-order valence-corrected chi connectivity index (χ1v) is 18.1. The molecule has 1 heterocycles. The topological polar surface area (TPSA) is 105 Å². The molecule has 0 spiro atoms. The van der Waals surface area contributed by atoms with Crippen molar-refractivity contribution in [1.29, 1.82) is 0 Å². The molecule has 1 aromatic heterocycles. The van der Waals surface area contributed by atoms with Gasteiger partial charge in [-0.3, -0.25) is 14.4 Å². The number of rotatable bonds is 8. The molecule has 4 aliphatic rings. The van der Waals surface area contributed by atoms with E-state index in [1.807, 2.05) is 66.7 Å². The van der Waals surface area contributed by atoms with Crippen LogP contribution >= 0.6 is 0 Å². The fourth-order valence-electron chi connectivity index (χ4n) is 10.1. The van der Waals surface area contributed by atoms with Crippen molar-refractivity contribution in [2.24, 2.45) is 22.2 Å². The van der Waals surface area contributed by atoms with Crippen LogP contribution in [0.1, 0.15) is 114 Å². The molecule has 0 aliphatic heterocycles. The molecule has 8 nitrogen and oxygen atoms in total. The zero-order valence-electron chi connectivity index (χ0n) is 30.2. The first kappa shape index (κ1) is 33.6. The second-order valence-corrected chi connectivity index (χ2v) is 16.4. The van der Waals surface area contributed by atoms with Crippen LogP contribution in [0.4, 0.5) is 0 Å². The molecule has 0 amide bonds. The number of aromatic nitrogens is 1. The number of carbonyl (C=O) groups is 3. The van der Waals surface area contributed by atoms with Crippen molar-refractivity contribution >= 4 is 17.3 Å². The fourth-order valence-corrected chi connectivity index (χ4v) is 10.1. The molecular weight excluding hydrogens is 642 g/mol. The van der Waals surface area contributed by atoms with Gasteiger partial charge in [-0.25, -0.2) is 0 Å². The largest absolute Gasteiger partial charge is 0.488 e. The van der Waals surface area contributed by atoms with E-state index in [1.54, 1.807) is 0 Å². The van der Waals surface area contributed by atoms with Crippen LogP contribution in [0.3, 0.4) is 0 Å². The van der Waals surface area contributed by atoms with E-state index in [9.17, 15) is 0 Å². The molecule has 2 saturated carbocycles. The molecular formula is C43H45NO7. The summed E-state index contributed by atoms with van der Waals surface area (Å²) < 4.78 is 24.9. The number of Topliss-reactive ketones (excluding diaryl/α,β-unsaturated/α-hetero) is 3. The molecule has 0 radical (unpaired) electrons. The van der Waals surface area contributed by atoms with Crippen molar-refractivity contribution in [3.05, 3.63) is 112 Å². The SMILES string of the molecule is COC12C(=O)c3c(OCc4ccccc4)noc3C(C(C)(C)C)C1CC13CCC1(C(=O)c1c(OCc4ccccc4)ccc(C(C)C)c1C3)C2=O. The van der Waals surface area contributed by atoms with E-state index >= 15 is 14.4 Å². The monoisotopic (exact) mass is 687 g/mol. The summed E-state index contributed by atoms with van der Waals surface area (Å²) in [6.07, 6.45) is 2.06. The van der Waals surface area contributed by atoms with Gasteiger partial charge in [0.15, 0.2) is 22.9 Å². The minimum Gasteiger partial charge on any atom is -0.488 e. The third-order valence-electron chi connectivity index (χ3n) is 12.5. The van der Waals surface area contributed by atoms with Crippen molar-refractivity contribution in [3.63, 3.8) is 0 Å². The van der Waals surface area contributed by atoms with Gasteiger partial charge < -0.3 is 18.7 Å². The van der Waals surface area contributed by atoms with E-state index in [-0.39, 0.29) is 36.4 Å². The van der Waals surface area contributed by atoms with Crippen LogP contribution in [0.25, 0.3) is 0 Å². The van der Waals surface area contributed by atoms with Gasteiger partial charge in [0.2, 0.25) is 5.78 Å². The summed E-state index contributed by atoms with van der Waals surface area (Å²) in [5.41, 5.74) is 0.0512. The number of carbonyl (C=O) groups excluding carboxylic acids is 3. The van der Waals surface area contributed by atoms with Gasteiger partial charge in [-0.05, 0) is 75.9 Å². The summed E-state index contributed by atoms with van der Waals surface area (Å²) in [6.45, 7) is 11.0. The second kappa shape index (κ2) is 11.7. The molecule has 4 aromatic rings. The number of methoxy groups -OCH3 is 1. The van der Waals surface area contributed by atoms with E-state index in [0.29, 0.717) is 42.8 Å². The first-order chi connectivity index (χ1) is 24.4. The van der Waals surface area contributed by atoms with Crippen molar-refractivity contribution < 1.29 is 33.1 Å². The van der Waals surface area contributed by atoms with E-state index in [1.165, 1.54) is 7.11 Å². The van der Waals surface area contributed by atoms with Gasteiger partial charge in [0.1, 0.15) is 29.9 Å². The van der Waals surface area contributed by atoms with E-state index in [4.69, 9.17) is 18.7 Å². The number of nitrogens with zero attached hydrogens (tertiary/aromatic N) is 1. The average Bonchev–Trinajstić information content (AvgIpc) is 3.52. The number of benzene rings is 3. The maximum absolute atomic E-state index is 15.7. The molecule has 3 aromatic carbocycles. The number of ketones is 3. The Kier molecular flexibility index (Phi) is 7.73. The zero-order valence-corrected chi connectivity index (χ0v) is 30.2. The zero-order chi connectivity index (χ0) is 35.9. The number of ether oxygens (including phenoxy) is 3. The lowest BCUT2D eigenvalue weighted by Gasteiger charge is -2.68. The molecule has 2 fully saturated rings. The lowest BCUT2D eigenvalue weighted by molar-refractivity contribution is -0.197. The molecule has 5 unspecified atom stereocenters. The highest BCUT2D eigenvalue weighted by atomic mass is 16.5. The fraction of sp³-hybridized carbons (Fsp3) is 0.442. The Hall–Kier alpha value is -4.56. The lowest BCUT2D eigenvalue weighted by Crippen LogP contribution is -2.77. The highest BCUT2D eigenvalue weighted by Gasteiger charge is 2.81. The molecule has 0 N–H and O–H groups in total. The molecule has 8 heteroatoms. The summed E-state index contributed by atoms with van der Waals surface area (Å²) in [5.74, 6) is -1.14. The smallest absolute Gasteiger partial charge is 0.265 e. The Morgan fingerprint density at radius 3 is 2.06 bits per heavy atom. The molecule has 8 rings (SSSR count). The van der Waals surface area contributed by atoms with Crippen molar-refractivity contribution in [1.82, 2.24) is 5.16 Å². The van der Waals surface area contributed by atoms with E-state index < -0.39 is 45.2 Å². The molecule has 5 atom stereocenters. The normalized spacial score (nSPS) is 27.9. The van der Waals surface area contributed by atoms with Crippen LogP contribution in [-0.2, 0) is 29.2 Å². The summed E-state index contributed by atoms with van der Waals surface area (Å²) in [7, 11) is 1.43. The highest BCUT2D eigenvalue weighted by Crippen LogP contribution is 2.74. The molecule has 0 bridgehead atoms. The Bertz CT molecular complexity index is 2040. The Morgan fingerprint density at radius 2 is 1.49 bits per heavy atom. The van der Waals surface area contributed by atoms with Gasteiger partial charge in [-0.15, -0.1) is 0 Å². The Labute approximate surface area is 298 Å². The first-order valence-electron chi connectivity index (χ1n) is 18.1. The Balaban J connectivity index is 1.26.